The zero-order valence-electron chi connectivity index (χ0n) is 10.0. The number of rotatable bonds is 3. The summed E-state index contributed by atoms with van der Waals surface area (Å²) in [6.45, 7) is 0.454. The van der Waals surface area contributed by atoms with E-state index in [1.54, 1.807) is 18.2 Å². The van der Waals surface area contributed by atoms with E-state index in [2.05, 4.69) is 10.6 Å². The monoisotopic (exact) mass is 249 g/mol. The lowest BCUT2D eigenvalue weighted by Gasteiger charge is -2.13. The molecule has 18 heavy (non-hydrogen) atoms. The summed E-state index contributed by atoms with van der Waals surface area (Å²) in [5.41, 5.74) is 6.51. The van der Waals surface area contributed by atoms with Gasteiger partial charge in [-0.15, -0.1) is 0 Å². The molecule has 1 fully saturated rings. The molecule has 0 bridgehead atoms. The topological polar surface area (TPSA) is 93.4 Å². The van der Waals surface area contributed by atoms with Crippen molar-refractivity contribution in [2.24, 2.45) is 0 Å². The maximum absolute atomic E-state index is 12.1. The number of anilines is 1. The van der Waals surface area contributed by atoms with Crippen LogP contribution in [0.25, 0.3) is 0 Å². The van der Waals surface area contributed by atoms with Gasteiger partial charge in [0.15, 0.2) is 5.75 Å². The summed E-state index contributed by atoms with van der Waals surface area (Å²) in [4.78, 5) is 23.1. The van der Waals surface area contributed by atoms with Crippen LogP contribution in [0.2, 0.25) is 0 Å². The average molecular weight is 249 g/mol. The van der Waals surface area contributed by atoms with E-state index in [1.807, 2.05) is 0 Å². The van der Waals surface area contributed by atoms with Gasteiger partial charge in [0.1, 0.15) is 0 Å². The Morgan fingerprint density at radius 1 is 1.56 bits per heavy atom. The molecular formula is C12H15N3O3. The first-order valence-corrected chi connectivity index (χ1v) is 5.62. The minimum Gasteiger partial charge on any atom is -0.494 e. The number of nitrogen functional groups attached to an aromatic ring is 1. The molecule has 1 unspecified atom stereocenters. The third-order valence-electron chi connectivity index (χ3n) is 2.81. The van der Waals surface area contributed by atoms with E-state index in [-0.39, 0.29) is 17.9 Å². The van der Waals surface area contributed by atoms with Crippen LogP contribution in [0.1, 0.15) is 16.8 Å². The summed E-state index contributed by atoms with van der Waals surface area (Å²) >= 11 is 0. The third-order valence-corrected chi connectivity index (χ3v) is 2.81. The number of para-hydroxylation sites is 1. The summed E-state index contributed by atoms with van der Waals surface area (Å²) in [6, 6.07) is 4.80. The molecular weight excluding hydrogens is 234 g/mol. The minimum atomic E-state index is -0.291. The molecule has 1 heterocycles. The maximum atomic E-state index is 12.1. The maximum Gasteiger partial charge on any atom is 0.255 e. The van der Waals surface area contributed by atoms with Gasteiger partial charge in [0.2, 0.25) is 5.91 Å². The van der Waals surface area contributed by atoms with Gasteiger partial charge in [0.05, 0.1) is 24.4 Å². The molecule has 0 spiro atoms. The first-order chi connectivity index (χ1) is 8.61. The number of ether oxygens (including phenoxy) is 1. The zero-order chi connectivity index (χ0) is 13.1. The Morgan fingerprint density at radius 2 is 2.33 bits per heavy atom. The van der Waals surface area contributed by atoms with Crippen molar-refractivity contribution in [3.63, 3.8) is 0 Å². The molecule has 1 aliphatic heterocycles. The fraction of sp³-hybridized carbons (Fsp3) is 0.333. The predicted molar refractivity (Wildman–Crippen MR) is 66.3 cm³/mol. The second kappa shape index (κ2) is 4.95. The van der Waals surface area contributed by atoms with Gasteiger partial charge >= 0.3 is 0 Å². The van der Waals surface area contributed by atoms with E-state index in [1.165, 1.54) is 7.11 Å². The number of carbonyl (C=O) groups is 2. The predicted octanol–water partition coefficient (Wildman–Crippen LogP) is -0.104. The van der Waals surface area contributed by atoms with Gasteiger partial charge in [-0.25, -0.2) is 0 Å². The van der Waals surface area contributed by atoms with Crippen molar-refractivity contribution in [2.75, 3.05) is 19.4 Å². The molecule has 2 amide bonds. The molecule has 0 aliphatic carbocycles. The van der Waals surface area contributed by atoms with Gasteiger partial charge in [0, 0.05) is 13.0 Å². The number of nitrogens with two attached hydrogens (primary N) is 1. The second-order valence-electron chi connectivity index (χ2n) is 4.11. The summed E-state index contributed by atoms with van der Waals surface area (Å²) in [7, 11) is 1.46. The van der Waals surface area contributed by atoms with Crippen LogP contribution in [0.5, 0.6) is 5.75 Å². The summed E-state index contributed by atoms with van der Waals surface area (Å²) in [6.07, 6.45) is 0.302. The zero-order valence-corrected chi connectivity index (χ0v) is 10.0. The first kappa shape index (κ1) is 12.2. The van der Waals surface area contributed by atoms with Crippen LogP contribution in [0, 0.1) is 0 Å². The molecule has 1 aromatic rings. The molecule has 96 valence electrons. The standard InChI is InChI=1S/C12H15N3O3/c1-18-11-8(3-2-4-9(11)13)12(17)15-7-5-10(16)14-6-7/h2-4,7H,5-6,13H2,1H3,(H,14,16)(H,15,17). The number of amides is 2. The molecule has 0 saturated carbocycles. The van der Waals surface area contributed by atoms with Crippen molar-refractivity contribution in [1.29, 1.82) is 0 Å². The van der Waals surface area contributed by atoms with Crippen LogP contribution < -0.4 is 21.1 Å². The lowest BCUT2D eigenvalue weighted by Crippen LogP contribution is -2.36. The summed E-state index contributed by atoms with van der Waals surface area (Å²) < 4.78 is 5.11. The van der Waals surface area contributed by atoms with Crippen molar-refractivity contribution in [1.82, 2.24) is 10.6 Å². The third kappa shape index (κ3) is 2.37. The highest BCUT2D eigenvalue weighted by Crippen LogP contribution is 2.25. The van der Waals surface area contributed by atoms with Gasteiger partial charge < -0.3 is 21.1 Å². The molecule has 1 aliphatic rings. The second-order valence-corrected chi connectivity index (χ2v) is 4.11. The highest BCUT2D eigenvalue weighted by molar-refractivity contribution is 5.99. The molecule has 6 heteroatoms. The van der Waals surface area contributed by atoms with Crippen molar-refractivity contribution in [3.8, 4) is 5.75 Å². The van der Waals surface area contributed by atoms with E-state index in [0.717, 1.165) is 0 Å². The van der Waals surface area contributed by atoms with Crippen molar-refractivity contribution < 1.29 is 14.3 Å². The Hall–Kier alpha value is -2.24. The summed E-state index contributed by atoms with van der Waals surface area (Å²) in [5.74, 6) is 0.00720. The van der Waals surface area contributed by atoms with E-state index in [4.69, 9.17) is 10.5 Å². The van der Waals surface area contributed by atoms with Crippen LogP contribution >= 0.6 is 0 Å². The Kier molecular flexibility index (Phi) is 3.36. The van der Waals surface area contributed by atoms with Gasteiger partial charge in [0.25, 0.3) is 5.91 Å². The van der Waals surface area contributed by atoms with Crippen LogP contribution in [0.4, 0.5) is 5.69 Å². The molecule has 1 atom stereocenters. The highest BCUT2D eigenvalue weighted by atomic mass is 16.5. The number of hydrogen-bond acceptors (Lipinski definition) is 4. The Labute approximate surface area is 104 Å². The fourth-order valence-corrected chi connectivity index (χ4v) is 1.93. The minimum absolute atomic E-state index is 0.0557. The van der Waals surface area contributed by atoms with E-state index in [9.17, 15) is 9.59 Å². The fourth-order valence-electron chi connectivity index (χ4n) is 1.93. The molecule has 1 aromatic carbocycles. The Balaban J connectivity index is 2.14. The lowest BCUT2D eigenvalue weighted by atomic mass is 10.1. The molecule has 0 aromatic heterocycles. The molecule has 0 radical (unpaired) electrons. The average Bonchev–Trinajstić information content (AvgIpc) is 2.74. The number of hydrogen-bond donors (Lipinski definition) is 3. The van der Waals surface area contributed by atoms with Gasteiger partial charge in [-0.05, 0) is 12.1 Å². The number of nitrogens with one attached hydrogen (secondary N) is 2. The van der Waals surface area contributed by atoms with Gasteiger partial charge in [-0.1, -0.05) is 6.07 Å². The van der Waals surface area contributed by atoms with Crippen LogP contribution in [0.15, 0.2) is 18.2 Å². The smallest absolute Gasteiger partial charge is 0.255 e. The Morgan fingerprint density at radius 3 is 2.94 bits per heavy atom. The normalized spacial score (nSPS) is 18.3. The van der Waals surface area contributed by atoms with Crippen LogP contribution in [0.3, 0.4) is 0 Å². The SMILES string of the molecule is COc1c(N)cccc1C(=O)NC1CNC(=O)C1. The van der Waals surface area contributed by atoms with E-state index < -0.39 is 0 Å². The van der Waals surface area contributed by atoms with Crippen LogP contribution in [-0.4, -0.2) is 31.5 Å². The van der Waals surface area contributed by atoms with Crippen molar-refractivity contribution in [2.45, 2.75) is 12.5 Å². The van der Waals surface area contributed by atoms with Crippen molar-refractivity contribution >= 4 is 17.5 Å². The van der Waals surface area contributed by atoms with Crippen molar-refractivity contribution in [3.05, 3.63) is 23.8 Å². The number of methoxy groups -OCH3 is 1. The number of benzene rings is 1. The highest BCUT2D eigenvalue weighted by Gasteiger charge is 2.24. The molecule has 4 N–H and O–H groups in total. The quantitative estimate of drug-likeness (QED) is 0.652. The number of carbonyl (C=O) groups excluding carboxylic acids is 2. The molecule has 6 nitrogen and oxygen atoms in total. The van der Waals surface area contributed by atoms with E-state index in [0.29, 0.717) is 30.0 Å². The van der Waals surface area contributed by atoms with Gasteiger partial charge in [-0.2, -0.15) is 0 Å². The largest absolute Gasteiger partial charge is 0.494 e. The molecule has 1 saturated heterocycles. The Bertz CT molecular complexity index is 487. The summed E-state index contributed by atoms with van der Waals surface area (Å²) in [5, 5.41) is 5.43. The van der Waals surface area contributed by atoms with Crippen LogP contribution in [-0.2, 0) is 4.79 Å². The van der Waals surface area contributed by atoms with Gasteiger partial charge in [-0.3, -0.25) is 9.59 Å². The lowest BCUT2D eigenvalue weighted by molar-refractivity contribution is -0.119. The first-order valence-electron chi connectivity index (χ1n) is 5.62. The van der Waals surface area contributed by atoms with E-state index >= 15 is 0 Å². The molecule has 2 rings (SSSR count).